The summed E-state index contributed by atoms with van der Waals surface area (Å²) >= 11 is 0. The van der Waals surface area contributed by atoms with Crippen molar-refractivity contribution in [2.75, 3.05) is 13.7 Å². The van der Waals surface area contributed by atoms with Crippen molar-refractivity contribution in [3.63, 3.8) is 0 Å². The first-order chi connectivity index (χ1) is 6.77. The van der Waals surface area contributed by atoms with Crippen LogP contribution >= 0.6 is 0 Å². The number of hydrogen-bond donors (Lipinski definition) is 1. The number of nitrogens with one attached hydrogen (secondary N) is 1. The Morgan fingerprint density at radius 1 is 1.64 bits per heavy atom. The van der Waals surface area contributed by atoms with Crippen molar-refractivity contribution in [3.05, 3.63) is 0 Å². The number of rotatable bonds is 4. The van der Waals surface area contributed by atoms with Crippen LogP contribution in [0.1, 0.15) is 26.2 Å². The van der Waals surface area contributed by atoms with Gasteiger partial charge in [-0.3, -0.25) is 4.79 Å². The summed E-state index contributed by atoms with van der Waals surface area (Å²) in [5.74, 6) is 5.94. The van der Waals surface area contributed by atoms with Crippen molar-refractivity contribution >= 4 is 5.78 Å². The van der Waals surface area contributed by atoms with Crippen LogP contribution in [0.3, 0.4) is 0 Å². The Labute approximate surface area is 85.2 Å². The zero-order valence-electron chi connectivity index (χ0n) is 8.80. The summed E-state index contributed by atoms with van der Waals surface area (Å²) in [7, 11) is 1.68. The van der Waals surface area contributed by atoms with Crippen LogP contribution in [-0.2, 0) is 9.53 Å². The fraction of sp³-hybridized carbons (Fsp3) is 0.727. The molecule has 3 nitrogen and oxygen atoms in total. The van der Waals surface area contributed by atoms with E-state index < -0.39 is 0 Å². The molecular weight excluding hydrogens is 178 g/mol. The molecule has 1 N–H and O–H groups in total. The molecule has 1 fully saturated rings. The Morgan fingerprint density at radius 3 is 3.00 bits per heavy atom. The van der Waals surface area contributed by atoms with Crippen LogP contribution in [0, 0.1) is 11.8 Å². The zero-order valence-corrected chi connectivity index (χ0v) is 8.80. The molecule has 2 atom stereocenters. The maximum atomic E-state index is 11.6. The molecule has 1 aliphatic rings. The molecule has 0 saturated carbocycles. The van der Waals surface area contributed by atoms with Crippen molar-refractivity contribution in [3.8, 4) is 11.8 Å². The van der Waals surface area contributed by atoms with Crippen molar-refractivity contribution in [2.45, 2.75) is 38.3 Å². The molecule has 0 aromatic carbocycles. The van der Waals surface area contributed by atoms with Gasteiger partial charge < -0.3 is 10.1 Å². The summed E-state index contributed by atoms with van der Waals surface area (Å²) in [6, 6.07) is -0.0152. The average Bonchev–Trinajstić information content (AvgIpc) is 2.66. The SMILES string of the molecule is CC#CCCC(=O)C1CC(OC)CN1. The molecule has 0 spiro atoms. The van der Waals surface area contributed by atoms with E-state index in [-0.39, 0.29) is 17.9 Å². The molecule has 0 bridgehead atoms. The first kappa shape index (κ1) is 11.2. The summed E-state index contributed by atoms with van der Waals surface area (Å²) in [4.78, 5) is 11.6. The van der Waals surface area contributed by atoms with Crippen molar-refractivity contribution in [1.29, 1.82) is 0 Å². The number of ether oxygens (including phenoxy) is 1. The second-order valence-electron chi connectivity index (χ2n) is 3.45. The number of ketones is 1. The zero-order chi connectivity index (χ0) is 10.4. The summed E-state index contributed by atoms with van der Waals surface area (Å²) in [5, 5.41) is 3.16. The van der Waals surface area contributed by atoms with Gasteiger partial charge in [0.1, 0.15) is 0 Å². The van der Waals surface area contributed by atoms with Crippen LogP contribution in [-0.4, -0.2) is 31.6 Å². The van der Waals surface area contributed by atoms with Gasteiger partial charge in [-0.1, -0.05) is 0 Å². The van der Waals surface area contributed by atoms with E-state index in [9.17, 15) is 4.79 Å². The minimum absolute atomic E-state index is 0.0152. The van der Waals surface area contributed by atoms with E-state index in [2.05, 4.69) is 17.2 Å². The van der Waals surface area contributed by atoms with Gasteiger partial charge in [0, 0.05) is 26.5 Å². The van der Waals surface area contributed by atoms with Crippen molar-refractivity contribution < 1.29 is 9.53 Å². The highest BCUT2D eigenvalue weighted by Crippen LogP contribution is 2.12. The largest absolute Gasteiger partial charge is 0.380 e. The lowest BCUT2D eigenvalue weighted by Gasteiger charge is -2.07. The lowest BCUT2D eigenvalue weighted by Crippen LogP contribution is -2.30. The van der Waals surface area contributed by atoms with Gasteiger partial charge in [0.05, 0.1) is 12.1 Å². The maximum absolute atomic E-state index is 11.6. The van der Waals surface area contributed by atoms with E-state index in [1.807, 2.05) is 0 Å². The van der Waals surface area contributed by atoms with Gasteiger partial charge in [-0.05, 0) is 13.3 Å². The highest BCUT2D eigenvalue weighted by molar-refractivity contribution is 5.84. The van der Waals surface area contributed by atoms with Gasteiger partial charge in [-0.2, -0.15) is 0 Å². The topological polar surface area (TPSA) is 38.3 Å². The molecule has 0 amide bonds. The van der Waals surface area contributed by atoms with E-state index in [4.69, 9.17) is 4.74 Å². The highest BCUT2D eigenvalue weighted by Gasteiger charge is 2.28. The molecule has 78 valence electrons. The Bertz CT molecular complexity index is 252. The number of methoxy groups -OCH3 is 1. The molecule has 0 aromatic rings. The number of carbonyl (C=O) groups excluding carboxylic acids is 1. The first-order valence-electron chi connectivity index (χ1n) is 4.96. The van der Waals surface area contributed by atoms with Gasteiger partial charge in [0.15, 0.2) is 5.78 Å². The van der Waals surface area contributed by atoms with Crippen LogP contribution in [0.4, 0.5) is 0 Å². The molecule has 0 radical (unpaired) electrons. The Hall–Kier alpha value is -0.850. The Morgan fingerprint density at radius 2 is 2.43 bits per heavy atom. The fourth-order valence-corrected chi connectivity index (χ4v) is 1.61. The molecule has 1 rings (SSSR count). The Kier molecular flexibility index (Phi) is 4.64. The molecular formula is C11H17NO2. The monoisotopic (exact) mass is 195 g/mol. The van der Waals surface area contributed by atoms with Crippen LogP contribution in [0.25, 0.3) is 0 Å². The molecule has 0 aliphatic carbocycles. The second kappa shape index (κ2) is 5.79. The van der Waals surface area contributed by atoms with Crippen LogP contribution in [0.2, 0.25) is 0 Å². The minimum atomic E-state index is -0.0152. The van der Waals surface area contributed by atoms with Gasteiger partial charge in [0.25, 0.3) is 0 Å². The second-order valence-corrected chi connectivity index (χ2v) is 3.45. The summed E-state index contributed by atoms with van der Waals surface area (Å²) in [5.41, 5.74) is 0. The molecule has 1 heterocycles. The molecule has 0 aromatic heterocycles. The van der Waals surface area contributed by atoms with Gasteiger partial charge >= 0.3 is 0 Å². The minimum Gasteiger partial charge on any atom is -0.380 e. The molecule has 1 saturated heterocycles. The third kappa shape index (κ3) is 3.13. The number of carbonyl (C=O) groups is 1. The lowest BCUT2D eigenvalue weighted by atomic mass is 10.1. The van der Waals surface area contributed by atoms with E-state index in [0.717, 1.165) is 13.0 Å². The van der Waals surface area contributed by atoms with Gasteiger partial charge in [0.2, 0.25) is 0 Å². The third-order valence-corrected chi connectivity index (χ3v) is 2.49. The van der Waals surface area contributed by atoms with Gasteiger partial charge in [-0.25, -0.2) is 0 Å². The quantitative estimate of drug-likeness (QED) is 0.672. The predicted octanol–water partition coefficient (Wildman–Crippen LogP) is 0.736. The summed E-state index contributed by atoms with van der Waals surface area (Å²) in [6.07, 6.45) is 2.22. The van der Waals surface area contributed by atoms with E-state index >= 15 is 0 Å². The molecule has 2 unspecified atom stereocenters. The smallest absolute Gasteiger partial charge is 0.150 e. The number of hydrogen-bond acceptors (Lipinski definition) is 3. The molecule has 14 heavy (non-hydrogen) atoms. The van der Waals surface area contributed by atoms with Crippen molar-refractivity contribution in [2.24, 2.45) is 0 Å². The summed E-state index contributed by atoms with van der Waals surface area (Å²) < 4.78 is 5.17. The van der Waals surface area contributed by atoms with Crippen LogP contribution < -0.4 is 5.32 Å². The normalized spacial score (nSPS) is 25.6. The lowest BCUT2D eigenvalue weighted by molar-refractivity contribution is -0.120. The van der Waals surface area contributed by atoms with E-state index in [0.29, 0.717) is 12.8 Å². The average molecular weight is 195 g/mol. The Balaban J connectivity index is 2.27. The first-order valence-corrected chi connectivity index (χ1v) is 4.96. The molecule has 1 aliphatic heterocycles. The third-order valence-electron chi connectivity index (χ3n) is 2.49. The van der Waals surface area contributed by atoms with Crippen LogP contribution in [0.5, 0.6) is 0 Å². The summed E-state index contributed by atoms with van der Waals surface area (Å²) in [6.45, 7) is 2.58. The standard InChI is InChI=1S/C11H17NO2/c1-3-4-5-6-11(13)10-7-9(14-2)8-12-10/h9-10,12H,5-8H2,1-2H3. The highest BCUT2D eigenvalue weighted by atomic mass is 16.5. The van der Waals surface area contributed by atoms with E-state index in [1.54, 1.807) is 14.0 Å². The maximum Gasteiger partial charge on any atom is 0.150 e. The molecule has 3 heteroatoms. The predicted molar refractivity (Wildman–Crippen MR) is 54.9 cm³/mol. The van der Waals surface area contributed by atoms with Crippen LogP contribution in [0.15, 0.2) is 0 Å². The van der Waals surface area contributed by atoms with E-state index in [1.165, 1.54) is 0 Å². The van der Waals surface area contributed by atoms with Gasteiger partial charge in [-0.15, -0.1) is 11.8 Å². The number of Topliss-reactive ketones (excluding diaryl/α,β-unsaturated/α-hetero) is 1. The fourth-order valence-electron chi connectivity index (χ4n) is 1.61. The van der Waals surface area contributed by atoms with Crippen molar-refractivity contribution in [1.82, 2.24) is 5.32 Å².